The Balaban J connectivity index is 1.15. The van der Waals surface area contributed by atoms with Gasteiger partial charge in [-0.2, -0.15) is 0 Å². The molecular weight excluding hydrogens is 398 g/mol. The third-order valence-corrected chi connectivity index (χ3v) is 6.40. The zero-order valence-corrected chi connectivity index (χ0v) is 18.3. The molecule has 0 saturated carbocycles. The summed E-state index contributed by atoms with van der Waals surface area (Å²) in [6.45, 7) is 5.55. The maximum Gasteiger partial charge on any atom is 0.251 e. The zero-order chi connectivity index (χ0) is 21.8. The topological polar surface area (TPSA) is 61.4 Å². The molecule has 0 bridgehead atoms. The summed E-state index contributed by atoms with van der Waals surface area (Å²) in [5, 5.41) is 3.06. The summed E-state index contributed by atoms with van der Waals surface area (Å²) < 4.78 is 0. The van der Waals surface area contributed by atoms with Crippen molar-refractivity contribution in [2.45, 2.75) is 25.8 Å². The van der Waals surface area contributed by atoms with Gasteiger partial charge in [-0.05, 0) is 48.6 Å². The molecule has 1 N–H and O–H groups in total. The zero-order valence-electron chi connectivity index (χ0n) is 18.3. The van der Waals surface area contributed by atoms with Crippen LogP contribution in [0.3, 0.4) is 0 Å². The van der Waals surface area contributed by atoms with Gasteiger partial charge in [0.1, 0.15) is 0 Å². The Bertz CT molecular complexity index is 1080. The maximum absolute atomic E-state index is 12.6. The van der Waals surface area contributed by atoms with E-state index in [4.69, 9.17) is 4.98 Å². The maximum atomic E-state index is 12.6. The number of nitrogens with one attached hydrogen (secondary N) is 1. The quantitative estimate of drug-likeness (QED) is 0.652. The van der Waals surface area contributed by atoms with E-state index in [0.717, 1.165) is 56.4 Å². The first-order valence-corrected chi connectivity index (χ1v) is 11.5. The number of nitrogens with zero attached hydrogens (tertiary/aromatic N) is 4. The minimum Gasteiger partial charge on any atom is -0.351 e. The van der Waals surface area contributed by atoms with Crippen LogP contribution in [0.2, 0.25) is 0 Å². The van der Waals surface area contributed by atoms with Crippen molar-refractivity contribution in [3.05, 3.63) is 77.5 Å². The molecule has 3 aromatic rings. The standard InChI is InChI=1S/C26H29N5O/c32-25(27-14-18-30-17-12-20-5-1-2-6-23(20)19-30)22-9-7-21(8-10-22)24-11-13-28-26(29-24)31-15-3-4-16-31/h1-2,5-11,13H,3-4,12,14-19H2,(H,27,32). The molecule has 0 radical (unpaired) electrons. The third-order valence-electron chi connectivity index (χ3n) is 6.40. The van der Waals surface area contributed by atoms with Gasteiger partial charge in [0.15, 0.2) is 0 Å². The van der Waals surface area contributed by atoms with E-state index in [1.54, 1.807) is 0 Å². The second-order valence-electron chi connectivity index (χ2n) is 8.56. The minimum atomic E-state index is -0.0330. The fourth-order valence-corrected chi connectivity index (χ4v) is 4.55. The Labute approximate surface area is 189 Å². The number of carbonyl (C=O) groups excluding carboxylic acids is 1. The first-order valence-electron chi connectivity index (χ1n) is 11.5. The number of benzene rings is 2. The molecule has 0 spiro atoms. The van der Waals surface area contributed by atoms with Crippen molar-refractivity contribution in [1.29, 1.82) is 0 Å². The van der Waals surface area contributed by atoms with Crippen molar-refractivity contribution in [3.63, 3.8) is 0 Å². The molecule has 1 aromatic heterocycles. The SMILES string of the molecule is O=C(NCCN1CCc2ccccc2C1)c1ccc(-c2ccnc(N3CCCC3)n2)cc1. The van der Waals surface area contributed by atoms with Gasteiger partial charge in [-0.3, -0.25) is 9.69 Å². The average Bonchev–Trinajstić information content (AvgIpc) is 3.39. The average molecular weight is 428 g/mol. The van der Waals surface area contributed by atoms with Crippen molar-refractivity contribution < 1.29 is 4.79 Å². The van der Waals surface area contributed by atoms with Gasteiger partial charge < -0.3 is 10.2 Å². The van der Waals surface area contributed by atoms with Gasteiger partial charge in [0.2, 0.25) is 5.95 Å². The highest BCUT2D eigenvalue weighted by atomic mass is 16.1. The number of hydrogen-bond donors (Lipinski definition) is 1. The number of amides is 1. The van der Waals surface area contributed by atoms with Crippen molar-refractivity contribution in [1.82, 2.24) is 20.2 Å². The molecule has 2 aromatic carbocycles. The minimum absolute atomic E-state index is 0.0330. The Morgan fingerprint density at radius 2 is 1.72 bits per heavy atom. The van der Waals surface area contributed by atoms with Gasteiger partial charge >= 0.3 is 0 Å². The van der Waals surface area contributed by atoms with E-state index in [2.05, 4.69) is 44.4 Å². The molecule has 2 aliphatic heterocycles. The Morgan fingerprint density at radius 3 is 2.53 bits per heavy atom. The molecule has 6 heteroatoms. The van der Waals surface area contributed by atoms with Crippen LogP contribution in [0.25, 0.3) is 11.3 Å². The molecule has 0 atom stereocenters. The molecule has 1 amide bonds. The number of rotatable bonds is 6. The van der Waals surface area contributed by atoms with Crippen LogP contribution in [0.4, 0.5) is 5.95 Å². The van der Waals surface area contributed by atoms with E-state index in [9.17, 15) is 4.79 Å². The molecule has 2 aliphatic rings. The van der Waals surface area contributed by atoms with E-state index < -0.39 is 0 Å². The van der Waals surface area contributed by atoms with E-state index in [1.807, 2.05) is 36.5 Å². The van der Waals surface area contributed by atoms with Crippen LogP contribution < -0.4 is 10.2 Å². The molecule has 32 heavy (non-hydrogen) atoms. The van der Waals surface area contributed by atoms with Crippen molar-refractivity contribution in [2.75, 3.05) is 37.6 Å². The summed E-state index contributed by atoms with van der Waals surface area (Å²) >= 11 is 0. The molecule has 0 unspecified atom stereocenters. The molecule has 1 saturated heterocycles. The predicted octanol–water partition coefficient (Wildman–Crippen LogP) is 3.53. The highest BCUT2D eigenvalue weighted by molar-refractivity contribution is 5.94. The van der Waals surface area contributed by atoms with Gasteiger partial charge in [0.05, 0.1) is 5.69 Å². The number of aromatic nitrogens is 2. The molecule has 5 rings (SSSR count). The van der Waals surface area contributed by atoms with Crippen molar-refractivity contribution in [3.8, 4) is 11.3 Å². The van der Waals surface area contributed by atoms with Crippen LogP contribution in [0.1, 0.15) is 34.3 Å². The van der Waals surface area contributed by atoms with Gasteiger partial charge in [-0.25, -0.2) is 9.97 Å². The van der Waals surface area contributed by atoms with E-state index >= 15 is 0 Å². The lowest BCUT2D eigenvalue weighted by atomic mass is 10.00. The van der Waals surface area contributed by atoms with Crippen LogP contribution in [-0.4, -0.2) is 53.5 Å². The normalized spacial score (nSPS) is 16.1. The second kappa shape index (κ2) is 9.49. The Kier molecular flexibility index (Phi) is 6.12. The second-order valence-corrected chi connectivity index (χ2v) is 8.56. The molecule has 6 nitrogen and oxygen atoms in total. The van der Waals surface area contributed by atoms with Crippen LogP contribution in [-0.2, 0) is 13.0 Å². The number of anilines is 1. The summed E-state index contributed by atoms with van der Waals surface area (Å²) in [5.41, 5.74) is 5.41. The molecular formula is C26H29N5O. The van der Waals surface area contributed by atoms with E-state index in [-0.39, 0.29) is 5.91 Å². The lowest BCUT2D eigenvalue weighted by molar-refractivity contribution is 0.0947. The summed E-state index contributed by atoms with van der Waals surface area (Å²) in [4.78, 5) is 26.4. The highest BCUT2D eigenvalue weighted by Crippen LogP contribution is 2.22. The largest absolute Gasteiger partial charge is 0.351 e. The summed E-state index contributed by atoms with van der Waals surface area (Å²) in [6, 6.07) is 18.2. The van der Waals surface area contributed by atoms with Gasteiger partial charge in [0, 0.05) is 56.6 Å². The fourth-order valence-electron chi connectivity index (χ4n) is 4.55. The Hall–Kier alpha value is -3.25. The number of hydrogen-bond acceptors (Lipinski definition) is 5. The van der Waals surface area contributed by atoms with E-state index in [0.29, 0.717) is 12.1 Å². The Morgan fingerprint density at radius 1 is 0.938 bits per heavy atom. The lowest BCUT2D eigenvalue weighted by Crippen LogP contribution is -2.37. The van der Waals surface area contributed by atoms with Crippen LogP contribution in [0, 0.1) is 0 Å². The smallest absolute Gasteiger partial charge is 0.251 e. The monoisotopic (exact) mass is 427 g/mol. The lowest BCUT2D eigenvalue weighted by Gasteiger charge is -2.28. The van der Waals surface area contributed by atoms with Crippen molar-refractivity contribution >= 4 is 11.9 Å². The summed E-state index contributed by atoms with van der Waals surface area (Å²) in [6.07, 6.45) is 5.29. The van der Waals surface area contributed by atoms with Crippen LogP contribution in [0.15, 0.2) is 60.8 Å². The molecule has 1 fully saturated rings. The third kappa shape index (κ3) is 4.65. The van der Waals surface area contributed by atoms with Crippen LogP contribution >= 0.6 is 0 Å². The van der Waals surface area contributed by atoms with E-state index in [1.165, 1.54) is 24.0 Å². The summed E-state index contributed by atoms with van der Waals surface area (Å²) in [5.74, 6) is 0.761. The van der Waals surface area contributed by atoms with Gasteiger partial charge in [-0.1, -0.05) is 36.4 Å². The number of fused-ring (bicyclic) bond motifs is 1. The first kappa shape index (κ1) is 20.6. The highest BCUT2D eigenvalue weighted by Gasteiger charge is 2.17. The van der Waals surface area contributed by atoms with Crippen molar-refractivity contribution in [2.24, 2.45) is 0 Å². The number of carbonyl (C=O) groups is 1. The molecule has 164 valence electrons. The van der Waals surface area contributed by atoms with Gasteiger partial charge in [-0.15, -0.1) is 0 Å². The first-order chi connectivity index (χ1) is 15.8. The van der Waals surface area contributed by atoms with Gasteiger partial charge in [0.25, 0.3) is 5.91 Å². The fraction of sp³-hybridized carbons (Fsp3) is 0.346. The molecule has 3 heterocycles. The van der Waals surface area contributed by atoms with Crippen LogP contribution in [0.5, 0.6) is 0 Å². The molecule has 0 aliphatic carbocycles. The predicted molar refractivity (Wildman–Crippen MR) is 127 cm³/mol. The summed E-state index contributed by atoms with van der Waals surface area (Å²) in [7, 11) is 0.